The zero-order valence-corrected chi connectivity index (χ0v) is 15.2. The standard InChI is InChI=1S/C20H23NO3S/c1-23-17-9-8-14(12-18(17)24-15-4-2-3-5-15)21-20(22)19-16(10-11-25-19)13-6-7-13/h8-13,15H,2-7H2,1H3,(H,21,22). The van der Waals surface area contributed by atoms with Gasteiger partial charge >= 0.3 is 0 Å². The minimum atomic E-state index is -0.0334. The fourth-order valence-corrected chi connectivity index (χ4v) is 4.32. The maximum Gasteiger partial charge on any atom is 0.266 e. The van der Waals surface area contributed by atoms with Crippen molar-refractivity contribution < 1.29 is 14.3 Å². The predicted molar refractivity (Wildman–Crippen MR) is 100 cm³/mol. The molecule has 1 aromatic carbocycles. The molecule has 25 heavy (non-hydrogen) atoms. The number of nitrogens with one attached hydrogen (secondary N) is 1. The van der Waals surface area contributed by atoms with Gasteiger partial charge in [0.1, 0.15) is 0 Å². The molecule has 5 heteroatoms. The largest absolute Gasteiger partial charge is 0.493 e. The van der Waals surface area contributed by atoms with Gasteiger partial charge in [-0.05, 0) is 73.6 Å². The normalized spacial score (nSPS) is 17.5. The molecule has 4 rings (SSSR count). The summed E-state index contributed by atoms with van der Waals surface area (Å²) in [5, 5.41) is 5.03. The van der Waals surface area contributed by atoms with Crippen LogP contribution in [0.4, 0.5) is 5.69 Å². The first-order valence-corrected chi connectivity index (χ1v) is 9.86. The van der Waals surface area contributed by atoms with Gasteiger partial charge in [0, 0.05) is 11.8 Å². The lowest BCUT2D eigenvalue weighted by molar-refractivity contribution is 0.102. The molecular formula is C20H23NO3S. The second kappa shape index (κ2) is 7.08. The topological polar surface area (TPSA) is 47.6 Å². The summed E-state index contributed by atoms with van der Waals surface area (Å²) < 4.78 is 11.5. The second-order valence-corrected chi connectivity index (χ2v) is 7.74. The van der Waals surface area contributed by atoms with Crippen LogP contribution in [-0.4, -0.2) is 19.1 Å². The Kier molecular flexibility index (Phi) is 4.66. The summed E-state index contributed by atoms with van der Waals surface area (Å²) in [6, 6.07) is 7.68. The Bertz CT molecular complexity index is 760. The third kappa shape index (κ3) is 3.66. The van der Waals surface area contributed by atoms with E-state index in [1.807, 2.05) is 23.6 Å². The van der Waals surface area contributed by atoms with Gasteiger partial charge < -0.3 is 14.8 Å². The average Bonchev–Trinajstić information content (AvgIpc) is 3.11. The number of rotatable bonds is 6. The lowest BCUT2D eigenvalue weighted by Gasteiger charge is -2.17. The Morgan fingerprint density at radius 3 is 2.64 bits per heavy atom. The predicted octanol–water partition coefficient (Wildman–Crippen LogP) is 5.21. The zero-order chi connectivity index (χ0) is 17.2. The van der Waals surface area contributed by atoms with Crippen molar-refractivity contribution >= 4 is 22.9 Å². The Morgan fingerprint density at radius 2 is 1.92 bits per heavy atom. The number of carbonyl (C=O) groups is 1. The van der Waals surface area contributed by atoms with Crippen LogP contribution in [0.3, 0.4) is 0 Å². The van der Waals surface area contributed by atoms with E-state index in [4.69, 9.17) is 9.47 Å². The maximum absolute atomic E-state index is 12.7. The summed E-state index contributed by atoms with van der Waals surface area (Å²) in [6.07, 6.45) is 7.23. The monoisotopic (exact) mass is 357 g/mol. The van der Waals surface area contributed by atoms with E-state index in [-0.39, 0.29) is 12.0 Å². The number of ether oxygens (including phenoxy) is 2. The summed E-state index contributed by atoms with van der Waals surface area (Å²) in [7, 11) is 1.64. The number of thiophene rings is 1. The van der Waals surface area contributed by atoms with Gasteiger partial charge in [-0.2, -0.15) is 0 Å². The van der Waals surface area contributed by atoms with E-state index in [0.717, 1.165) is 23.4 Å². The van der Waals surface area contributed by atoms with E-state index in [9.17, 15) is 4.79 Å². The van der Waals surface area contributed by atoms with Crippen LogP contribution in [0.1, 0.15) is 59.7 Å². The van der Waals surface area contributed by atoms with Gasteiger partial charge in [0.25, 0.3) is 5.91 Å². The van der Waals surface area contributed by atoms with Crippen molar-refractivity contribution in [3.8, 4) is 11.5 Å². The van der Waals surface area contributed by atoms with Crippen molar-refractivity contribution in [1.82, 2.24) is 0 Å². The second-order valence-electron chi connectivity index (χ2n) is 6.82. The summed E-state index contributed by atoms with van der Waals surface area (Å²) in [5.74, 6) is 1.96. The van der Waals surface area contributed by atoms with Crippen molar-refractivity contribution in [3.63, 3.8) is 0 Å². The van der Waals surface area contributed by atoms with E-state index in [1.165, 1.54) is 42.6 Å². The Morgan fingerprint density at radius 1 is 1.12 bits per heavy atom. The highest BCUT2D eigenvalue weighted by Gasteiger charge is 2.29. The van der Waals surface area contributed by atoms with Gasteiger partial charge in [-0.3, -0.25) is 4.79 Å². The lowest BCUT2D eigenvalue weighted by Crippen LogP contribution is -2.14. The van der Waals surface area contributed by atoms with Gasteiger partial charge in [0.05, 0.1) is 18.1 Å². The molecule has 2 aromatic rings. The highest BCUT2D eigenvalue weighted by atomic mass is 32.1. The summed E-state index contributed by atoms with van der Waals surface area (Å²) >= 11 is 1.52. The van der Waals surface area contributed by atoms with E-state index >= 15 is 0 Å². The van der Waals surface area contributed by atoms with Gasteiger partial charge in [-0.25, -0.2) is 0 Å². The number of benzene rings is 1. The molecule has 4 nitrogen and oxygen atoms in total. The van der Waals surface area contributed by atoms with Crippen molar-refractivity contribution in [3.05, 3.63) is 40.1 Å². The first-order valence-electron chi connectivity index (χ1n) is 8.98. The van der Waals surface area contributed by atoms with Crippen LogP contribution >= 0.6 is 11.3 Å². The quantitative estimate of drug-likeness (QED) is 0.772. The molecule has 1 heterocycles. The number of hydrogen-bond acceptors (Lipinski definition) is 4. The Balaban J connectivity index is 1.51. The molecular weight excluding hydrogens is 334 g/mol. The lowest BCUT2D eigenvalue weighted by atomic mass is 10.1. The molecule has 2 fully saturated rings. The third-order valence-corrected chi connectivity index (χ3v) is 5.87. The molecule has 0 spiro atoms. The van der Waals surface area contributed by atoms with Crippen molar-refractivity contribution in [2.45, 2.75) is 50.5 Å². The fourth-order valence-electron chi connectivity index (χ4n) is 3.44. The van der Waals surface area contributed by atoms with E-state index in [1.54, 1.807) is 7.11 Å². The highest BCUT2D eigenvalue weighted by molar-refractivity contribution is 7.12. The molecule has 0 aliphatic heterocycles. The summed E-state index contributed by atoms with van der Waals surface area (Å²) in [5.41, 5.74) is 1.94. The molecule has 2 aliphatic rings. The minimum absolute atomic E-state index is 0.0334. The van der Waals surface area contributed by atoms with Crippen molar-refractivity contribution in [2.75, 3.05) is 12.4 Å². The molecule has 132 valence electrons. The zero-order valence-electron chi connectivity index (χ0n) is 14.4. The van der Waals surface area contributed by atoms with Crippen LogP contribution in [0.2, 0.25) is 0 Å². The first-order chi connectivity index (χ1) is 12.2. The molecule has 0 radical (unpaired) electrons. The Labute approximate surface area is 152 Å². The number of amides is 1. The van der Waals surface area contributed by atoms with E-state index in [0.29, 0.717) is 17.4 Å². The van der Waals surface area contributed by atoms with E-state index < -0.39 is 0 Å². The van der Waals surface area contributed by atoms with Gasteiger partial charge in [-0.15, -0.1) is 11.3 Å². The first kappa shape index (κ1) is 16.5. The molecule has 0 atom stereocenters. The van der Waals surface area contributed by atoms with Crippen LogP contribution in [0.25, 0.3) is 0 Å². The van der Waals surface area contributed by atoms with Crippen LogP contribution in [0.5, 0.6) is 11.5 Å². The van der Waals surface area contributed by atoms with Crippen LogP contribution < -0.4 is 14.8 Å². The van der Waals surface area contributed by atoms with Crippen molar-refractivity contribution in [1.29, 1.82) is 0 Å². The molecule has 1 aromatic heterocycles. The number of anilines is 1. The Hall–Kier alpha value is -2.01. The molecule has 0 saturated heterocycles. The van der Waals surface area contributed by atoms with Crippen LogP contribution in [-0.2, 0) is 0 Å². The highest BCUT2D eigenvalue weighted by Crippen LogP contribution is 2.43. The van der Waals surface area contributed by atoms with Crippen molar-refractivity contribution in [2.24, 2.45) is 0 Å². The number of methoxy groups -OCH3 is 1. The third-order valence-electron chi connectivity index (χ3n) is 4.94. The molecule has 1 amide bonds. The molecule has 2 aliphatic carbocycles. The average molecular weight is 357 g/mol. The van der Waals surface area contributed by atoms with Crippen LogP contribution in [0.15, 0.2) is 29.6 Å². The number of carbonyl (C=O) groups excluding carboxylic acids is 1. The fraction of sp³-hybridized carbons (Fsp3) is 0.450. The maximum atomic E-state index is 12.7. The molecule has 2 saturated carbocycles. The number of hydrogen-bond donors (Lipinski definition) is 1. The smallest absolute Gasteiger partial charge is 0.266 e. The van der Waals surface area contributed by atoms with Gasteiger partial charge in [-0.1, -0.05) is 0 Å². The van der Waals surface area contributed by atoms with E-state index in [2.05, 4.69) is 11.4 Å². The van der Waals surface area contributed by atoms with Crippen LogP contribution in [0, 0.1) is 0 Å². The molecule has 0 unspecified atom stereocenters. The van der Waals surface area contributed by atoms with Gasteiger partial charge in [0.2, 0.25) is 0 Å². The minimum Gasteiger partial charge on any atom is -0.493 e. The SMILES string of the molecule is COc1ccc(NC(=O)c2sccc2C2CC2)cc1OC1CCCC1. The molecule has 0 bridgehead atoms. The summed E-state index contributed by atoms with van der Waals surface area (Å²) in [4.78, 5) is 13.5. The molecule has 1 N–H and O–H groups in total. The summed E-state index contributed by atoms with van der Waals surface area (Å²) in [6.45, 7) is 0. The van der Waals surface area contributed by atoms with Gasteiger partial charge in [0.15, 0.2) is 11.5 Å².